The minimum absolute atomic E-state index is 0.320. The Bertz CT molecular complexity index is 659. The summed E-state index contributed by atoms with van der Waals surface area (Å²) in [6.45, 7) is 3.75. The second-order valence-electron chi connectivity index (χ2n) is 6.07. The molecule has 2 unspecified atom stereocenters. The number of hydrogen-bond acceptors (Lipinski definition) is 5. The number of carbonyl (C=O) groups excluding carboxylic acids is 1. The second kappa shape index (κ2) is 7.86. The number of amides is 2. The van der Waals surface area contributed by atoms with Crippen LogP contribution in [0.2, 0.25) is 0 Å². The van der Waals surface area contributed by atoms with Crippen LogP contribution in [0.4, 0.5) is 4.79 Å². The van der Waals surface area contributed by atoms with Gasteiger partial charge in [-0.15, -0.1) is 0 Å². The molecule has 0 aromatic heterocycles. The number of carbonyl (C=O) groups is 2. The molecule has 0 spiro atoms. The van der Waals surface area contributed by atoms with Crippen molar-refractivity contribution in [1.29, 1.82) is 0 Å². The van der Waals surface area contributed by atoms with Crippen LogP contribution in [0.1, 0.15) is 30.5 Å². The van der Waals surface area contributed by atoms with Gasteiger partial charge in [0.2, 0.25) is 0 Å². The van der Waals surface area contributed by atoms with Gasteiger partial charge < -0.3 is 25.2 Å². The highest BCUT2D eigenvalue weighted by atomic mass is 32.2. The van der Waals surface area contributed by atoms with E-state index in [0.29, 0.717) is 23.7 Å². The van der Waals surface area contributed by atoms with Gasteiger partial charge in [0.25, 0.3) is 0 Å². The summed E-state index contributed by atoms with van der Waals surface area (Å²) in [4.78, 5) is 23.9. The fourth-order valence-corrected chi connectivity index (χ4v) is 4.20. The second-order valence-corrected chi connectivity index (χ2v) is 7.18. The lowest BCUT2D eigenvalue weighted by Gasteiger charge is -2.26. The summed E-state index contributed by atoms with van der Waals surface area (Å²) in [5, 5.41) is 14.9. The van der Waals surface area contributed by atoms with Gasteiger partial charge in [0.05, 0.1) is 20.3 Å². The number of urea groups is 1. The SMILES string of the molecule is COc1cc(C)c(C(C)NC(=O)NC2(C(=O)O)CCSC2)cc1OC. The van der Waals surface area contributed by atoms with Crippen LogP contribution in [0, 0.1) is 6.92 Å². The molecule has 2 amide bonds. The maximum Gasteiger partial charge on any atom is 0.330 e. The third-order valence-electron chi connectivity index (χ3n) is 4.37. The molecule has 0 radical (unpaired) electrons. The Morgan fingerprint density at radius 3 is 2.44 bits per heavy atom. The van der Waals surface area contributed by atoms with Gasteiger partial charge in [-0.2, -0.15) is 11.8 Å². The molecule has 2 rings (SSSR count). The zero-order valence-electron chi connectivity index (χ0n) is 14.8. The van der Waals surface area contributed by atoms with Crippen molar-refractivity contribution in [3.05, 3.63) is 23.3 Å². The van der Waals surface area contributed by atoms with E-state index in [1.54, 1.807) is 14.2 Å². The largest absolute Gasteiger partial charge is 0.493 e. The first-order chi connectivity index (χ1) is 11.8. The lowest BCUT2D eigenvalue weighted by Crippen LogP contribution is -2.57. The topological polar surface area (TPSA) is 96.9 Å². The maximum absolute atomic E-state index is 12.3. The molecule has 1 fully saturated rings. The van der Waals surface area contributed by atoms with Gasteiger partial charge in [0, 0.05) is 5.75 Å². The van der Waals surface area contributed by atoms with Crippen LogP contribution < -0.4 is 20.1 Å². The highest BCUT2D eigenvalue weighted by molar-refractivity contribution is 7.99. The highest BCUT2D eigenvalue weighted by Gasteiger charge is 2.43. The summed E-state index contributed by atoms with van der Waals surface area (Å²) >= 11 is 1.52. The number of benzene rings is 1. The summed E-state index contributed by atoms with van der Waals surface area (Å²) in [5.74, 6) is 1.29. The van der Waals surface area contributed by atoms with E-state index in [-0.39, 0.29) is 6.04 Å². The Balaban J connectivity index is 2.12. The molecule has 8 heteroatoms. The van der Waals surface area contributed by atoms with Gasteiger partial charge in [0.1, 0.15) is 5.54 Å². The summed E-state index contributed by atoms with van der Waals surface area (Å²) in [6.07, 6.45) is 0.421. The Kier molecular flexibility index (Phi) is 6.05. The molecule has 2 atom stereocenters. The van der Waals surface area contributed by atoms with Gasteiger partial charge in [-0.3, -0.25) is 0 Å². The van der Waals surface area contributed by atoms with Crippen molar-refractivity contribution in [3.63, 3.8) is 0 Å². The minimum Gasteiger partial charge on any atom is -0.493 e. The lowest BCUT2D eigenvalue weighted by molar-refractivity contribution is -0.143. The van der Waals surface area contributed by atoms with E-state index in [0.717, 1.165) is 16.9 Å². The van der Waals surface area contributed by atoms with Crippen LogP contribution in [0.3, 0.4) is 0 Å². The van der Waals surface area contributed by atoms with E-state index in [2.05, 4.69) is 10.6 Å². The van der Waals surface area contributed by atoms with Crippen LogP contribution in [0.5, 0.6) is 11.5 Å². The third kappa shape index (κ3) is 4.12. The van der Waals surface area contributed by atoms with Gasteiger partial charge in [-0.25, -0.2) is 9.59 Å². The Hall–Kier alpha value is -2.09. The van der Waals surface area contributed by atoms with Gasteiger partial charge in [-0.1, -0.05) is 0 Å². The van der Waals surface area contributed by atoms with Crippen LogP contribution in [0.15, 0.2) is 12.1 Å². The van der Waals surface area contributed by atoms with E-state index < -0.39 is 17.5 Å². The molecule has 7 nitrogen and oxygen atoms in total. The van der Waals surface area contributed by atoms with Crippen molar-refractivity contribution in [3.8, 4) is 11.5 Å². The van der Waals surface area contributed by atoms with Gasteiger partial charge >= 0.3 is 12.0 Å². The van der Waals surface area contributed by atoms with Crippen molar-refractivity contribution >= 4 is 23.8 Å². The summed E-state index contributed by atoms with van der Waals surface area (Å²) < 4.78 is 10.6. The predicted octanol–water partition coefficient (Wildman–Crippen LogP) is 2.33. The first-order valence-corrected chi connectivity index (χ1v) is 9.11. The molecule has 1 aliphatic heterocycles. The van der Waals surface area contributed by atoms with Gasteiger partial charge in [-0.05, 0) is 49.3 Å². The monoisotopic (exact) mass is 368 g/mol. The number of aryl methyl sites for hydroxylation is 1. The molecule has 1 aromatic rings. The van der Waals surface area contributed by atoms with E-state index >= 15 is 0 Å². The lowest BCUT2D eigenvalue weighted by atomic mass is 9.99. The van der Waals surface area contributed by atoms with E-state index in [1.807, 2.05) is 26.0 Å². The number of methoxy groups -OCH3 is 2. The highest BCUT2D eigenvalue weighted by Crippen LogP contribution is 2.33. The molecule has 0 saturated carbocycles. The number of rotatable bonds is 6. The molecule has 0 bridgehead atoms. The minimum atomic E-state index is -1.19. The van der Waals surface area contributed by atoms with Crippen LogP contribution in [-0.2, 0) is 4.79 Å². The smallest absolute Gasteiger partial charge is 0.330 e. The number of carboxylic acids is 1. The van der Waals surface area contributed by atoms with Crippen molar-refractivity contribution < 1.29 is 24.2 Å². The number of aliphatic carboxylic acids is 1. The number of thioether (sulfide) groups is 1. The van der Waals surface area contributed by atoms with Crippen LogP contribution >= 0.6 is 11.8 Å². The molecule has 25 heavy (non-hydrogen) atoms. The normalized spacial score (nSPS) is 20.6. The molecule has 1 heterocycles. The average molecular weight is 368 g/mol. The third-order valence-corrected chi connectivity index (χ3v) is 5.56. The molecule has 1 aliphatic rings. The molecule has 0 aliphatic carbocycles. The Morgan fingerprint density at radius 2 is 1.92 bits per heavy atom. The number of carboxylic acid groups (broad SMARTS) is 1. The predicted molar refractivity (Wildman–Crippen MR) is 96.7 cm³/mol. The summed E-state index contributed by atoms with van der Waals surface area (Å²) in [5.41, 5.74) is 0.619. The number of hydrogen-bond donors (Lipinski definition) is 3. The standard InChI is InChI=1S/C17H24N2O5S/c1-10-7-13(23-3)14(24-4)8-12(10)11(2)18-16(22)19-17(15(20)21)5-6-25-9-17/h7-8,11H,5-6,9H2,1-4H3,(H,20,21)(H2,18,19,22). The molecule has 1 aromatic carbocycles. The van der Waals surface area contributed by atoms with Crippen LogP contribution in [-0.4, -0.2) is 48.4 Å². The quantitative estimate of drug-likeness (QED) is 0.713. The fourth-order valence-electron chi connectivity index (χ4n) is 2.88. The van der Waals surface area contributed by atoms with Gasteiger partial charge in [0.15, 0.2) is 11.5 Å². The molecular formula is C17H24N2O5S. The Morgan fingerprint density at radius 1 is 1.28 bits per heavy atom. The van der Waals surface area contributed by atoms with Crippen molar-refractivity contribution in [2.45, 2.75) is 31.8 Å². The average Bonchev–Trinajstić information content (AvgIpc) is 3.03. The van der Waals surface area contributed by atoms with Crippen LogP contribution in [0.25, 0.3) is 0 Å². The fraction of sp³-hybridized carbons (Fsp3) is 0.529. The van der Waals surface area contributed by atoms with Crippen molar-refractivity contribution in [2.24, 2.45) is 0 Å². The van der Waals surface area contributed by atoms with E-state index in [1.165, 1.54) is 11.8 Å². The molecule has 3 N–H and O–H groups in total. The zero-order valence-corrected chi connectivity index (χ0v) is 15.7. The molecular weight excluding hydrogens is 344 g/mol. The summed E-state index contributed by atoms with van der Waals surface area (Å²) in [7, 11) is 3.12. The number of nitrogens with one attached hydrogen (secondary N) is 2. The van der Waals surface area contributed by atoms with Crippen molar-refractivity contribution in [2.75, 3.05) is 25.7 Å². The summed E-state index contributed by atoms with van der Waals surface area (Å²) in [6, 6.07) is 2.85. The molecule has 138 valence electrons. The number of ether oxygens (including phenoxy) is 2. The first-order valence-electron chi connectivity index (χ1n) is 7.95. The first kappa shape index (κ1) is 19.2. The maximum atomic E-state index is 12.3. The van der Waals surface area contributed by atoms with E-state index in [4.69, 9.17) is 9.47 Å². The molecule has 1 saturated heterocycles. The van der Waals surface area contributed by atoms with E-state index in [9.17, 15) is 14.7 Å². The van der Waals surface area contributed by atoms with Crippen molar-refractivity contribution in [1.82, 2.24) is 10.6 Å². The Labute approximate surface area is 151 Å². The zero-order chi connectivity index (χ0) is 18.6.